The molecule has 0 aliphatic rings. The Kier molecular flexibility index (Phi) is 5.75. The van der Waals surface area contributed by atoms with Crippen molar-refractivity contribution < 1.29 is 19.1 Å². The molecule has 112 valence electrons. The van der Waals surface area contributed by atoms with Crippen molar-refractivity contribution in [3.05, 3.63) is 27.7 Å². The molecular formula is C14H18BNO5. The van der Waals surface area contributed by atoms with Crippen LogP contribution >= 0.6 is 0 Å². The van der Waals surface area contributed by atoms with Gasteiger partial charge < -0.3 is 14.0 Å². The van der Waals surface area contributed by atoms with Gasteiger partial charge in [0.2, 0.25) is 0 Å². The van der Waals surface area contributed by atoms with Crippen molar-refractivity contribution in [2.75, 3.05) is 13.2 Å². The number of ether oxygens (including phenoxy) is 2. The van der Waals surface area contributed by atoms with Gasteiger partial charge in [-0.25, -0.2) is 9.59 Å². The van der Waals surface area contributed by atoms with E-state index in [9.17, 15) is 14.4 Å². The van der Waals surface area contributed by atoms with E-state index in [2.05, 4.69) is 0 Å². The zero-order chi connectivity index (χ0) is 16.2. The highest BCUT2D eigenvalue weighted by Gasteiger charge is 2.23. The monoisotopic (exact) mass is 291 g/mol. The lowest BCUT2D eigenvalue weighted by molar-refractivity contribution is 0.0498. The molecule has 0 unspecified atom stereocenters. The van der Waals surface area contributed by atoms with Crippen LogP contribution in [0.2, 0.25) is 0 Å². The Bertz CT molecular complexity index is 606. The summed E-state index contributed by atoms with van der Waals surface area (Å²) in [6.45, 7) is 7.17. The van der Waals surface area contributed by atoms with Gasteiger partial charge in [0.05, 0.1) is 13.2 Å². The van der Waals surface area contributed by atoms with E-state index < -0.39 is 17.4 Å². The van der Waals surface area contributed by atoms with E-state index in [1.807, 2.05) is 0 Å². The lowest BCUT2D eigenvalue weighted by Crippen LogP contribution is -2.40. The second kappa shape index (κ2) is 7.10. The summed E-state index contributed by atoms with van der Waals surface area (Å²) in [5.41, 5.74) is -1.29. The van der Waals surface area contributed by atoms with Gasteiger partial charge in [-0.2, -0.15) is 0 Å². The summed E-state index contributed by atoms with van der Waals surface area (Å²) < 4.78 is 11.2. The van der Waals surface area contributed by atoms with Crippen molar-refractivity contribution in [2.24, 2.45) is 0 Å². The van der Waals surface area contributed by atoms with Gasteiger partial charge in [0.1, 0.15) is 19.1 Å². The van der Waals surface area contributed by atoms with Crippen LogP contribution in [-0.4, -0.2) is 37.6 Å². The average Bonchev–Trinajstić information content (AvgIpc) is 2.41. The van der Waals surface area contributed by atoms with Gasteiger partial charge in [0.25, 0.3) is 0 Å². The highest BCUT2D eigenvalue weighted by molar-refractivity contribution is 6.36. The molecule has 1 rings (SSSR count). The van der Waals surface area contributed by atoms with E-state index in [4.69, 9.17) is 17.3 Å². The molecule has 0 aliphatic carbocycles. The Balaban J connectivity index is 3.54. The van der Waals surface area contributed by atoms with Gasteiger partial charge in [0.15, 0.2) is 5.43 Å². The number of esters is 2. The second-order valence-corrected chi connectivity index (χ2v) is 4.58. The average molecular weight is 291 g/mol. The summed E-state index contributed by atoms with van der Waals surface area (Å²) in [4.78, 5) is 35.9. The minimum Gasteiger partial charge on any atom is -0.462 e. The zero-order valence-electron chi connectivity index (χ0n) is 12.6. The molecule has 2 radical (unpaired) electrons. The molecule has 0 spiro atoms. The normalized spacial score (nSPS) is 10.5. The fourth-order valence-corrected chi connectivity index (χ4v) is 1.83. The predicted octanol–water partition coefficient (Wildman–Crippen LogP) is 0.576. The number of nitrogens with zero attached hydrogens (tertiary/aromatic N) is 1. The highest BCUT2D eigenvalue weighted by Crippen LogP contribution is 2.10. The van der Waals surface area contributed by atoms with Gasteiger partial charge in [-0.1, -0.05) is 0 Å². The summed E-state index contributed by atoms with van der Waals surface area (Å²) >= 11 is 0. The fraction of sp³-hybridized carbons (Fsp3) is 0.500. The standard InChI is InChI=1S/C14H18BNO5/c1-5-20-13(18)9-7-16(8(3)4)11(10(15)12(9)17)14(19)21-6-2/h7-8H,5-6H2,1-4H3. The van der Waals surface area contributed by atoms with Crippen molar-refractivity contribution >= 4 is 25.2 Å². The van der Waals surface area contributed by atoms with E-state index in [0.717, 1.165) is 0 Å². The summed E-state index contributed by atoms with van der Waals surface area (Å²) in [6.07, 6.45) is 1.29. The molecule has 0 atom stereocenters. The number of carbonyl (C=O) groups is 2. The number of hydrogen-bond acceptors (Lipinski definition) is 5. The molecule has 1 heterocycles. The van der Waals surface area contributed by atoms with Crippen LogP contribution in [0.3, 0.4) is 0 Å². The van der Waals surface area contributed by atoms with Crippen molar-refractivity contribution in [1.82, 2.24) is 4.57 Å². The number of pyridine rings is 1. The summed E-state index contributed by atoms with van der Waals surface area (Å²) in [5.74, 6) is -1.46. The SMILES string of the molecule is [B]c1c(C(=O)OCC)n(C(C)C)cc(C(=O)OCC)c1=O. The van der Waals surface area contributed by atoms with Gasteiger partial charge in [0, 0.05) is 12.2 Å². The van der Waals surface area contributed by atoms with Crippen LogP contribution in [0.1, 0.15) is 54.6 Å². The fourth-order valence-electron chi connectivity index (χ4n) is 1.83. The smallest absolute Gasteiger partial charge is 0.354 e. The Morgan fingerprint density at radius 1 is 1.19 bits per heavy atom. The van der Waals surface area contributed by atoms with Gasteiger partial charge in [-0.15, -0.1) is 0 Å². The van der Waals surface area contributed by atoms with Crippen molar-refractivity contribution in [3.63, 3.8) is 0 Å². The lowest BCUT2D eigenvalue weighted by Gasteiger charge is -2.19. The molecule has 1 aromatic heterocycles. The summed E-state index contributed by atoms with van der Waals surface area (Å²) in [7, 11) is 5.75. The number of hydrogen-bond donors (Lipinski definition) is 0. The molecule has 7 heteroatoms. The third kappa shape index (κ3) is 3.54. The van der Waals surface area contributed by atoms with Crippen LogP contribution < -0.4 is 10.9 Å². The van der Waals surface area contributed by atoms with Crippen LogP contribution in [0.15, 0.2) is 11.0 Å². The van der Waals surface area contributed by atoms with Crippen molar-refractivity contribution in [1.29, 1.82) is 0 Å². The van der Waals surface area contributed by atoms with E-state index in [-0.39, 0.29) is 36.0 Å². The lowest BCUT2D eigenvalue weighted by atomic mass is 9.91. The van der Waals surface area contributed by atoms with E-state index in [1.54, 1.807) is 27.7 Å². The largest absolute Gasteiger partial charge is 0.462 e. The van der Waals surface area contributed by atoms with Crippen LogP contribution in [0, 0.1) is 0 Å². The van der Waals surface area contributed by atoms with Crippen LogP contribution in [-0.2, 0) is 9.47 Å². The molecular weight excluding hydrogens is 273 g/mol. The molecule has 0 amide bonds. The molecule has 0 bridgehead atoms. The Hall–Kier alpha value is -2.05. The maximum Gasteiger partial charge on any atom is 0.354 e. The molecule has 0 fully saturated rings. The molecule has 0 saturated carbocycles. The number of aromatic nitrogens is 1. The second-order valence-electron chi connectivity index (χ2n) is 4.58. The molecule has 0 aliphatic heterocycles. The first-order valence-corrected chi connectivity index (χ1v) is 6.73. The van der Waals surface area contributed by atoms with Crippen molar-refractivity contribution in [2.45, 2.75) is 33.7 Å². The minimum absolute atomic E-state index is 0.0510. The molecule has 1 aromatic rings. The third-order valence-corrected chi connectivity index (χ3v) is 2.79. The summed E-state index contributed by atoms with van der Waals surface area (Å²) in [5, 5.41) is 0. The highest BCUT2D eigenvalue weighted by atomic mass is 16.5. The zero-order valence-corrected chi connectivity index (χ0v) is 12.6. The molecule has 0 N–H and O–H groups in total. The molecule has 21 heavy (non-hydrogen) atoms. The topological polar surface area (TPSA) is 74.6 Å². The van der Waals surface area contributed by atoms with Gasteiger partial charge in [-0.05, 0) is 33.2 Å². The number of carbonyl (C=O) groups excluding carboxylic acids is 2. The molecule has 6 nitrogen and oxygen atoms in total. The van der Waals surface area contributed by atoms with Crippen LogP contribution in [0.25, 0.3) is 0 Å². The van der Waals surface area contributed by atoms with Crippen molar-refractivity contribution in [3.8, 4) is 0 Å². The van der Waals surface area contributed by atoms with E-state index in [1.165, 1.54) is 10.8 Å². The third-order valence-electron chi connectivity index (χ3n) is 2.79. The molecule has 0 aromatic carbocycles. The Morgan fingerprint density at radius 2 is 1.71 bits per heavy atom. The first-order valence-electron chi connectivity index (χ1n) is 6.73. The van der Waals surface area contributed by atoms with Crippen LogP contribution in [0.5, 0.6) is 0 Å². The maximum atomic E-state index is 12.1. The molecule has 0 saturated heterocycles. The van der Waals surface area contributed by atoms with Gasteiger partial charge >= 0.3 is 11.9 Å². The number of rotatable bonds is 5. The first kappa shape index (κ1) is 17.0. The van der Waals surface area contributed by atoms with Gasteiger partial charge in [-0.3, -0.25) is 4.79 Å². The first-order chi connectivity index (χ1) is 9.84. The Labute approximate surface area is 124 Å². The maximum absolute atomic E-state index is 12.1. The minimum atomic E-state index is -0.765. The van der Waals surface area contributed by atoms with E-state index in [0.29, 0.717) is 0 Å². The quantitative estimate of drug-likeness (QED) is 0.586. The summed E-state index contributed by atoms with van der Waals surface area (Å²) in [6, 6.07) is -0.194. The predicted molar refractivity (Wildman–Crippen MR) is 78.4 cm³/mol. The van der Waals surface area contributed by atoms with E-state index >= 15 is 0 Å². The van der Waals surface area contributed by atoms with Crippen LogP contribution in [0.4, 0.5) is 0 Å². The Morgan fingerprint density at radius 3 is 2.19 bits per heavy atom.